The van der Waals surface area contributed by atoms with Gasteiger partial charge in [0, 0.05) is 11.1 Å². The van der Waals surface area contributed by atoms with E-state index < -0.39 is 6.23 Å². The number of hydroxylamine groups is 2. The Labute approximate surface area is 141 Å². The molecule has 0 bridgehead atoms. The normalized spacial score (nSPS) is 20.2. The topological polar surface area (TPSA) is 32.7 Å². The first-order valence-corrected chi connectivity index (χ1v) is 8.08. The standard InChI is InChI=1S/C21H19NO2/c1-15-11-13-17(14-12-15)21-22(23)20(16-7-3-2-4-8-16)18-9-5-6-10-19(18)24-21/h2-14,20-21,23H,1H3. The SMILES string of the molecule is Cc1ccc(C2Oc3ccccc3C(c3ccccc3)N2O)cc1. The predicted octanol–water partition coefficient (Wildman–Crippen LogP) is 4.87. The van der Waals surface area contributed by atoms with Crippen LogP contribution in [0.3, 0.4) is 0 Å². The monoisotopic (exact) mass is 317 g/mol. The number of benzene rings is 3. The zero-order valence-corrected chi connectivity index (χ0v) is 13.5. The summed E-state index contributed by atoms with van der Waals surface area (Å²) in [6, 6.07) is 25.7. The van der Waals surface area contributed by atoms with Gasteiger partial charge in [-0.1, -0.05) is 78.4 Å². The van der Waals surface area contributed by atoms with Crippen LogP contribution < -0.4 is 4.74 Å². The van der Waals surface area contributed by atoms with Gasteiger partial charge in [-0.05, 0) is 18.6 Å². The third-order valence-electron chi connectivity index (χ3n) is 4.43. The molecule has 120 valence electrons. The quantitative estimate of drug-likeness (QED) is 0.732. The molecule has 0 aromatic heterocycles. The Kier molecular flexibility index (Phi) is 3.81. The molecule has 0 saturated carbocycles. The number of fused-ring (bicyclic) bond motifs is 1. The molecular weight excluding hydrogens is 298 g/mol. The van der Waals surface area contributed by atoms with Crippen LogP contribution in [-0.4, -0.2) is 10.3 Å². The number of hydrogen-bond donors (Lipinski definition) is 1. The first kappa shape index (κ1) is 14.9. The van der Waals surface area contributed by atoms with E-state index in [9.17, 15) is 5.21 Å². The second-order valence-corrected chi connectivity index (χ2v) is 6.11. The maximum absolute atomic E-state index is 11.0. The average molecular weight is 317 g/mol. The highest BCUT2D eigenvalue weighted by Crippen LogP contribution is 2.43. The lowest BCUT2D eigenvalue weighted by Gasteiger charge is -2.39. The molecule has 3 heteroatoms. The van der Waals surface area contributed by atoms with Crippen molar-refractivity contribution in [1.82, 2.24) is 5.06 Å². The molecule has 1 heterocycles. The highest BCUT2D eigenvalue weighted by molar-refractivity contribution is 5.44. The van der Waals surface area contributed by atoms with Gasteiger partial charge in [0.2, 0.25) is 6.23 Å². The van der Waals surface area contributed by atoms with Gasteiger partial charge in [0.25, 0.3) is 0 Å². The van der Waals surface area contributed by atoms with E-state index in [0.29, 0.717) is 0 Å². The van der Waals surface area contributed by atoms with Crippen LogP contribution in [0.15, 0.2) is 78.9 Å². The van der Waals surface area contributed by atoms with E-state index in [1.165, 1.54) is 10.6 Å². The molecule has 24 heavy (non-hydrogen) atoms. The minimum absolute atomic E-state index is 0.262. The second kappa shape index (κ2) is 6.11. The molecule has 3 nitrogen and oxygen atoms in total. The van der Waals surface area contributed by atoms with Crippen LogP contribution in [0.2, 0.25) is 0 Å². The number of nitrogens with zero attached hydrogens (tertiary/aromatic N) is 1. The molecule has 1 aliphatic heterocycles. The minimum atomic E-state index is -0.536. The summed E-state index contributed by atoms with van der Waals surface area (Å²) in [4.78, 5) is 0. The maximum atomic E-state index is 11.0. The van der Waals surface area contributed by atoms with Gasteiger partial charge in [0.15, 0.2) is 0 Å². The predicted molar refractivity (Wildman–Crippen MR) is 92.9 cm³/mol. The fraction of sp³-hybridized carbons (Fsp3) is 0.143. The van der Waals surface area contributed by atoms with Gasteiger partial charge in [-0.25, -0.2) is 0 Å². The van der Waals surface area contributed by atoms with Crippen LogP contribution in [-0.2, 0) is 0 Å². The smallest absolute Gasteiger partial charge is 0.201 e. The van der Waals surface area contributed by atoms with Gasteiger partial charge in [-0.2, -0.15) is 0 Å². The van der Waals surface area contributed by atoms with Gasteiger partial charge in [-0.15, -0.1) is 5.06 Å². The first-order valence-electron chi connectivity index (χ1n) is 8.08. The molecule has 1 N–H and O–H groups in total. The van der Waals surface area contributed by atoms with Crippen molar-refractivity contribution in [2.75, 3.05) is 0 Å². The van der Waals surface area contributed by atoms with E-state index in [1.54, 1.807) is 0 Å². The van der Waals surface area contributed by atoms with Gasteiger partial charge in [0.05, 0.1) is 6.04 Å². The Morgan fingerprint density at radius 1 is 0.792 bits per heavy atom. The molecule has 0 radical (unpaired) electrons. The Morgan fingerprint density at radius 2 is 1.46 bits per heavy atom. The van der Waals surface area contributed by atoms with Crippen molar-refractivity contribution in [3.63, 3.8) is 0 Å². The molecule has 3 aromatic carbocycles. The van der Waals surface area contributed by atoms with E-state index in [4.69, 9.17) is 4.74 Å². The van der Waals surface area contributed by atoms with Crippen LogP contribution in [0.1, 0.15) is 34.5 Å². The van der Waals surface area contributed by atoms with E-state index in [2.05, 4.69) is 0 Å². The third-order valence-corrected chi connectivity index (χ3v) is 4.43. The molecule has 2 atom stereocenters. The Bertz CT molecular complexity index is 830. The summed E-state index contributed by atoms with van der Waals surface area (Å²) in [6.45, 7) is 2.05. The molecule has 0 aliphatic carbocycles. The molecule has 2 unspecified atom stereocenters. The summed E-state index contributed by atoms with van der Waals surface area (Å²) in [7, 11) is 0. The largest absolute Gasteiger partial charge is 0.468 e. The van der Waals surface area contributed by atoms with Crippen molar-refractivity contribution in [1.29, 1.82) is 0 Å². The van der Waals surface area contributed by atoms with Crippen molar-refractivity contribution < 1.29 is 9.94 Å². The lowest BCUT2D eigenvalue weighted by Crippen LogP contribution is -2.37. The average Bonchev–Trinajstić information content (AvgIpc) is 2.63. The molecule has 1 aliphatic rings. The fourth-order valence-corrected chi connectivity index (χ4v) is 3.19. The molecule has 4 rings (SSSR count). The van der Waals surface area contributed by atoms with Crippen molar-refractivity contribution >= 4 is 0 Å². The van der Waals surface area contributed by atoms with Crippen LogP contribution in [0.5, 0.6) is 5.75 Å². The molecule has 0 fully saturated rings. The van der Waals surface area contributed by atoms with Crippen LogP contribution in [0.25, 0.3) is 0 Å². The number of para-hydroxylation sites is 1. The number of aryl methyl sites for hydroxylation is 1. The second-order valence-electron chi connectivity index (χ2n) is 6.11. The van der Waals surface area contributed by atoms with Gasteiger partial charge < -0.3 is 9.94 Å². The zero-order chi connectivity index (χ0) is 16.5. The summed E-state index contributed by atoms with van der Waals surface area (Å²) in [5.74, 6) is 0.808. The fourth-order valence-electron chi connectivity index (χ4n) is 3.19. The summed E-state index contributed by atoms with van der Waals surface area (Å²) in [5.41, 5.74) is 4.11. The highest BCUT2D eigenvalue weighted by atomic mass is 16.6. The summed E-state index contributed by atoms with van der Waals surface area (Å²) < 4.78 is 6.10. The van der Waals surface area contributed by atoms with E-state index in [0.717, 1.165) is 22.4 Å². The van der Waals surface area contributed by atoms with Crippen molar-refractivity contribution in [3.05, 3.63) is 101 Å². The van der Waals surface area contributed by atoms with E-state index in [1.807, 2.05) is 85.8 Å². The highest BCUT2D eigenvalue weighted by Gasteiger charge is 2.36. The maximum Gasteiger partial charge on any atom is 0.201 e. The van der Waals surface area contributed by atoms with Crippen molar-refractivity contribution in [2.24, 2.45) is 0 Å². The molecule has 0 saturated heterocycles. The Hall–Kier alpha value is -2.62. The summed E-state index contributed by atoms with van der Waals surface area (Å²) >= 11 is 0. The number of hydrogen-bond acceptors (Lipinski definition) is 3. The van der Waals surface area contributed by atoms with Crippen LogP contribution in [0.4, 0.5) is 0 Å². The number of ether oxygens (including phenoxy) is 1. The van der Waals surface area contributed by atoms with Gasteiger partial charge in [-0.3, -0.25) is 0 Å². The van der Waals surface area contributed by atoms with E-state index in [-0.39, 0.29) is 6.04 Å². The van der Waals surface area contributed by atoms with Gasteiger partial charge in [0.1, 0.15) is 5.75 Å². The zero-order valence-electron chi connectivity index (χ0n) is 13.5. The lowest BCUT2D eigenvalue weighted by molar-refractivity contribution is -0.220. The minimum Gasteiger partial charge on any atom is -0.468 e. The Balaban J connectivity index is 1.82. The number of rotatable bonds is 2. The summed E-state index contributed by atoms with van der Waals surface area (Å²) in [6.07, 6.45) is -0.536. The van der Waals surface area contributed by atoms with Crippen molar-refractivity contribution in [3.8, 4) is 5.75 Å². The molecule has 0 spiro atoms. The summed E-state index contributed by atoms with van der Waals surface area (Å²) in [5, 5.41) is 12.3. The van der Waals surface area contributed by atoms with Crippen LogP contribution >= 0.6 is 0 Å². The third kappa shape index (κ3) is 2.58. The van der Waals surface area contributed by atoms with E-state index >= 15 is 0 Å². The first-order chi connectivity index (χ1) is 11.7. The van der Waals surface area contributed by atoms with Crippen LogP contribution in [0, 0.1) is 6.92 Å². The molecular formula is C21H19NO2. The molecule has 3 aromatic rings. The van der Waals surface area contributed by atoms with Crippen molar-refractivity contribution in [2.45, 2.75) is 19.2 Å². The van der Waals surface area contributed by atoms with Gasteiger partial charge >= 0.3 is 0 Å². The lowest BCUT2D eigenvalue weighted by atomic mass is 9.95. The molecule has 0 amide bonds. The Morgan fingerprint density at radius 3 is 2.21 bits per heavy atom.